The molecule has 0 aliphatic heterocycles. The molecule has 1 heterocycles. The third-order valence-electron chi connectivity index (χ3n) is 5.44. The molecule has 2 N–H and O–H groups in total. The molecule has 35 heavy (non-hydrogen) atoms. The molecule has 1 aromatic heterocycles. The Hall–Kier alpha value is -3.39. The number of nitrogens with one attached hydrogen (secondary N) is 2. The minimum Gasteiger partial charge on any atom is -0.325 e. The van der Waals surface area contributed by atoms with E-state index in [2.05, 4.69) is 15.6 Å². The Balaban J connectivity index is 1.25. The maximum Gasteiger partial charge on any atom is 0.256 e. The number of aromatic nitrogens is 1. The molecular weight excluding hydrogens is 498 g/mol. The van der Waals surface area contributed by atoms with Crippen LogP contribution in [0, 0.1) is 6.92 Å². The second kappa shape index (κ2) is 10.1. The first-order valence-corrected chi connectivity index (χ1v) is 13.0. The van der Waals surface area contributed by atoms with E-state index in [0.29, 0.717) is 22.0 Å². The number of amides is 2. The van der Waals surface area contributed by atoms with Crippen LogP contribution in [0.5, 0.6) is 0 Å². The Morgan fingerprint density at radius 1 is 0.943 bits per heavy atom. The maximum absolute atomic E-state index is 13.0. The van der Waals surface area contributed by atoms with Gasteiger partial charge in [-0.1, -0.05) is 65.8 Å². The standard InChI is InChI=1S/C27H20ClN3O2S2/c1-16-9-10-18(13-22(16)28)29-25(32)15-34-27-31-23-12-11-19(14-24(23)35-27)30-26(33)21-8-4-6-17-5-2-3-7-20(17)21/h2-14H,15H2,1H3,(H,29,32)(H,30,33). The second-order valence-electron chi connectivity index (χ2n) is 7.94. The summed E-state index contributed by atoms with van der Waals surface area (Å²) in [5.41, 5.74) is 3.78. The minimum atomic E-state index is -0.159. The summed E-state index contributed by atoms with van der Waals surface area (Å²) in [5.74, 6) is -0.0546. The lowest BCUT2D eigenvalue weighted by molar-refractivity contribution is -0.113. The molecule has 0 aliphatic carbocycles. The molecule has 5 aromatic rings. The SMILES string of the molecule is Cc1ccc(NC(=O)CSc2nc3ccc(NC(=O)c4cccc5ccccc45)cc3s2)cc1Cl. The highest BCUT2D eigenvalue weighted by Crippen LogP contribution is 2.32. The summed E-state index contributed by atoms with van der Waals surface area (Å²) < 4.78 is 1.73. The van der Waals surface area contributed by atoms with E-state index in [4.69, 9.17) is 11.6 Å². The third-order valence-corrected chi connectivity index (χ3v) is 8.01. The maximum atomic E-state index is 13.0. The van der Waals surface area contributed by atoms with E-state index in [1.165, 1.54) is 23.1 Å². The van der Waals surface area contributed by atoms with Gasteiger partial charge in [0, 0.05) is 22.0 Å². The van der Waals surface area contributed by atoms with Crippen LogP contribution in [0.3, 0.4) is 0 Å². The van der Waals surface area contributed by atoms with Gasteiger partial charge < -0.3 is 10.6 Å². The summed E-state index contributed by atoms with van der Waals surface area (Å²) in [5, 5.41) is 8.41. The molecule has 5 nitrogen and oxygen atoms in total. The molecule has 0 saturated heterocycles. The Morgan fingerprint density at radius 3 is 2.57 bits per heavy atom. The monoisotopic (exact) mass is 517 g/mol. The average molecular weight is 518 g/mol. The van der Waals surface area contributed by atoms with Crippen LogP contribution in [0.2, 0.25) is 5.02 Å². The predicted octanol–water partition coefficient (Wildman–Crippen LogP) is 7.39. The van der Waals surface area contributed by atoms with Crippen LogP contribution < -0.4 is 10.6 Å². The van der Waals surface area contributed by atoms with Crippen LogP contribution in [-0.4, -0.2) is 22.6 Å². The van der Waals surface area contributed by atoms with E-state index in [0.717, 1.165) is 30.9 Å². The van der Waals surface area contributed by atoms with Crippen molar-refractivity contribution in [3.8, 4) is 0 Å². The molecule has 4 aromatic carbocycles. The van der Waals surface area contributed by atoms with Gasteiger partial charge in [-0.25, -0.2) is 4.98 Å². The number of thioether (sulfide) groups is 1. The summed E-state index contributed by atoms with van der Waals surface area (Å²) in [6.07, 6.45) is 0. The van der Waals surface area contributed by atoms with Crippen LogP contribution in [-0.2, 0) is 4.79 Å². The topological polar surface area (TPSA) is 71.1 Å². The lowest BCUT2D eigenvalue weighted by atomic mass is 10.0. The van der Waals surface area contributed by atoms with Crippen molar-refractivity contribution in [2.75, 3.05) is 16.4 Å². The fourth-order valence-electron chi connectivity index (χ4n) is 3.66. The van der Waals surface area contributed by atoms with Crippen molar-refractivity contribution in [2.45, 2.75) is 11.3 Å². The molecule has 0 aliphatic rings. The quantitative estimate of drug-likeness (QED) is 0.230. The molecule has 0 spiro atoms. The first-order chi connectivity index (χ1) is 17.0. The van der Waals surface area contributed by atoms with Gasteiger partial charge >= 0.3 is 0 Å². The highest BCUT2D eigenvalue weighted by atomic mass is 35.5. The smallest absolute Gasteiger partial charge is 0.256 e. The average Bonchev–Trinajstić information content (AvgIpc) is 3.27. The molecule has 5 rings (SSSR count). The lowest BCUT2D eigenvalue weighted by Gasteiger charge is -2.08. The Bertz CT molecular complexity index is 1580. The molecule has 0 atom stereocenters. The van der Waals surface area contributed by atoms with Gasteiger partial charge in [0.2, 0.25) is 5.91 Å². The number of thiazole rings is 1. The number of fused-ring (bicyclic) bond motifs is 2. The van der Waals surface area contributed by atoms with Crippen molar-refractivity contribution in [2.24, 2.45) is 0 Å². The van der Waals surface area contributed by atoms with E-state index >= 15 is 0 Å². The summed E-state index contributed by atoms with van der Waals surface area (Å²) in [4.78, 5) is 29.9. The first kappa shape index (κ1) is 23.4. The molecule has 0 saturated carbocycles. The predicted molar refractivity (Wildman–Crippen MR) is 147 cm³/mol. The van der Waals surface area contributed by atoms with Crippen molar-refractivity contribution >= 4 is 78.9 Å². The molecule has 174 valence electrons. The van der Waals surface area contributed by atoms with Crippen molar-refractivity contribution in [1.29, 1.82) is 0 Å². The molecule has 2 amide bonds. The van der Waals surface area contributed by atoms with Crippen LogP contribution >= 0.6 is 34.7 Å². The number of nitrogens with zero attached hydrogens (tertiary/aromatic N) is 1. The molecule has 0 bridgehead atoms. The van der Waals surface area contributed by atoms with Crippen LogP contribution in [0.15, 0.2) is 83.2 Å². The lowest BCUT2D eigenvalue weighted by Crippen LogP contribution is -2.13. The fraction of sp³-hybridized carbons (Fsp3) is 0.0741. The molecule has 0 radical (unpaired) electrons. The summed E-state index contributed by atoms with van der Waals surface area (Å²) in [7, 11) is 0. The number of benzene rings is 4. The number of hydrogen-bond acceptors (Lipinski definition) is 5. The van der Waals surface area contributed by atoms with Crippen molar-refractivity contribution in [1.82, 2.24) is 4.98 Å². The van der Waals surface area contributed by atoms with Gasteiger partial charge in [0.05, 0.1) is 16.0 Å². The zero-order valence-electron chi connectivity index (χ0n) is 18.7. The van der Waals surface area contributed by atoms with Gasteiger partial charge in [-0.2, -0.15) is 0 Å². The van der Waals surface area contributed by atoms with Gasteiger partial charge in [0.15, 0.2) is 4.34 Å². The number of carbonyl (C=O) groups is 2. The van der Waals surface area contributed by atoms with Gasteiger partial charge in [-0.05, 0) is 59.7 Å². The summed E-state index contributed by atoms with van der Waals surface area (Å²) in [6.45, 7) is 1.91. The van der Waals surface area contributed by atoms with E-state index in [1.807, 2.05) is 79.7 Å². The van der Waals surface area contributed by atoms with Crippen LogP contribution in [0.4, 0.5) is 11.4 Å². The van der Waals surface area contributed by atoms with Gasteiger partial charge in [0.1, 0.15) is 0 Å². The Labute approximate surface area is 215 Å². The van der Waals surface area contributed by atoms with Crippen LogP contribution in [0.1, 0.15) is 15.9 Å². The van der Waals surface area contributed by atoms with E-state index < -0.39 is 0 Å². The van der Waals surface area contributed by atoms with Gasteiger partial charge in [-0.15, -0.1) is 11.3 Å². The van der Waals surface area contributed by atoms with Gasteiger partial charge in [-0.3, -0.25) is 9.59 Å². The molecule has 8 heteroatoms. The zero-order chi connectivity index (χ0) is 24.4. The van der Waals surface area contributed by atoms with Crippen molar-refractivity contribution in [3.05, 3.63) is 95.0 Å². The van der Waals surface area contributed by atoms with Gasteiger partial charge in [0.25, 0.3) is 5.91 Å². The van der Waals surface area contributed by atoms with E-state index in [1.54, 1.807) is 6.07 Å². The number of hydrogen-bond donors (Lipinski definition) is 2. The highest BCUT2D eigenvalue weighted by molar-refractivity contribution is 8.01. The molecule has 0 fully saturated rings. The third kappa shape index (κ3) is 5.32. The fourth-order valence-corrected chi connectivity index (χ4v) is 5.75. The van der Waals surface area contributed by atoms with Crippen molar-refractivity contribution in [3.63, 3.8) is 0 Å². The number of carbonyl (C=O) groups excluding carboxylic acids is 2. The first-order valence-electron chi connectivity index (χ1n) is 10.8. The molecular formula is C27H20ClN3O2S2. The largest absolute Gasteiger partial charge is 0.325 e. The Morgan fingerprint density at radius 2 is 1.71 bits per heavy atom. The summed E-state index contributed by atoms with van der Waals surface area (Å²) in [6, 6.07) is 24.6. The number of aryl methyl sites for hydroxylation is 1. The summed E-state index contributed by atoms with van der Waals surface area (Å²) >= 11 is 8.99. The Kier molecular flexibility index (Phi) is 6.72. The normalized spacial score (nSPS) is 11.0. The minimum absolute atomic E-state index is 0.128. The van der Waals surface area contributed by atoms with Crippen molar-refractivity contribution < 1.29 is 9.59 Å². The van der Waals surface area contributed by atoms with E-state index in [9.17, 15) is 9.59 Å². The number of halogens is 1. The zero-order valence-corrected chi connectivity index (χ0v) is 21.1. The second-order valence-corrected chi connectivity index (χ2v) is 10.6. The number of anilines is 2. The van der Waals surface area contributed by atoms with Crippen LogP contribution in [0.25, 0.3) is 21.0 Å². The number of rotatable bonds is 6. The van der Waals surface area contributed by atoms with E-state index in [-0.39, 0.29) is 17.6 Å². The molecule has 0 unspecified atom stereocenters. The highest BCUT2D eigenvalue weighted by Gasteiger charge is 2.13.